The Hall–Kier alpha value is -2.35. The SMILES string of the molecule is Cc1ccc(C)c(NCc2ccnc3ccccc23)c1. The Bertz CT molecular complexity index is 742. The molecule has 3 aromatic rings. The fourth-order valence-electron chi connectivity index (χ4n) is 2.43. The summed E-state index contributed by atoms with van der Waals surface area (Å²) in [5, 5.41) is 4.75. The number of rotatable bonds is 3. The summed E-state index contributed by atoms with van der Waals surface area (Å²) in [6, 6.07) is 16.8. The summed E-state index contributed by atoms with van der Waals surface area (Å²) in [5.41, 5.74) is 6.07. The highest BCUT2D eigenvalue weighted by Gasteiger charge is 2.03. The van der Waals surface area contributed by atoms with Crippen LogP contribution in [0.3, 0.4) is 0 Å². The van der Waals surface area contributed by atoms with E-state index in [1.807, 2.05) is 12.3 Å². The molecule has 0 aliphatic rings. The minimum absolute atomic E-state index is 0.813. The van der Waals surface area contributed by atoms with Crippen molar-refractivity contribution in [1.82, 2.24) is 4.98 Å². The second-order valence-corrected chi connectivity index (χ2v) is 5.16. The lowest BCUT2D eigenvalue weighted by atomic mass is 10.1. The summed E-state index contributed by atoms with van der Waals surface area (Å²) < 4.78 is 0. The summed E-state index contributed by atoms with van der Waals surface area (Å²) in [4.78, 5) is 4.40. The van der Waals surface area contributed by atoms with Crippen molar-refractivity contribution in [3.05, 3.63) is 71.4 Å². The molecule has 0 atom stereocenters. The predicted molar refractivity (Wildman–Crippen MR) is 85.0 cm³/mol. The summed E-state index contributed by atoms with van der Waals surface area (Å²) >= 11 is 0. The standard InChI is InChI=1S/C18H18N2/c1-13-7-8-14(2)18(11-13)20-12-15-9-10-19-17-6-4-3-5-16(15)17/h3-11,20H,12H2,1-2H3. The Morgan fingerprint density at radius 2 is 1.85 bits per heavy atom. The molecule has 1 aromatic heterocycles. The van der Waals surface area contributed by atoms with Crippen molar-refractivity contribution in [3.8, 4) is 0 Å². The van der Waals surface area contributed by atoms with Gasteiger partial charge in [-0.3, -0.25) is 4.98 Å². The molecule has 1 N–H and O–H groups in total. The van der Waals surface area contributed by atoms with Crippen LogP contribution in [-0.2, 0) is 6.54 Å². The quantitative estimate of drug-likeness (QED) is 0.753. The maximum Gasteiger partial charge on any atom is 0.0705 e. The molecule has 0 saturated carbocycles. The van der Waals surface area contributed by atoms with Crippen LogP contribution in [0.25, 0.3) is 10.9 Å². The first-order valence-corrected chi connectivity index (χ1v) is 6.88. The first-order valence-electron chi connectivity index (χ1n) is 6.88. The van der Waals surface area contributed by atoms with Crippen molar-refractivity contribution in [1.29, 1.82) is 0 Å². The number of aryl methyl sites for hydroxylation is 2. The molecule has 0 fully saturated rings. The van der Waals surface area contributed by atoms with Gasteiger partial charge >= 0.3 is 0 Å². The van der Waals surface area contributed by atoms with E-state index in [2.05, 4.69) is 66.6 Å². The van der Waals surface area contributed by atoms with Gasteiger partial charge in [-0.05, 0) is 48.7 Å². The summed E-state index contributed by atoms with van der Waals surface area (Å²) in [6.07, 6.45) is 1.88. The third kappa shape index (κ3) is 2.50. The first kappa shape index (κ1) is 12.7. The monoisotopic (exact) mass is 262 g/mol. The highest BCUT2D eigenvalue weighted by molar-refractivity contribution is 5.82. The van der Waals surface area contributed by atoms with Gasteiger partial charge in [0.25, 0.3) is 0 Å². The fraction of sp³-hybridized carbons (Fsp3) is 0.167. The normalized spacial score (nSPS) is 10.7. The second kappa shape index (κ2) is 5.33. The molecular weight excluding hydrogens is 244 g/mol. The average molecular weight is 262 g/mol. The topological polar surface area (TPSA) is 24.9 Å². The Balaban J connectivity index is 1.89. The van der Waals surface area contributed by atoms with Gasteiger partial charge < -0.3 is 5.32 Å². The number of nitrogens with one attached hydrogen (secondary N) is 1. The largest absolute Gasteiger partial charge is 0.381 e. The highest BCUT2D eigenvalue weighted by atomic mass is 14.9. The van der Waals surface area contributed by atoms with Crippen LogP contribution in [0, 0.1) is 13.8 Å². The third-order valence-corrected chi connectivity index (χ3v) is 3.60. The number of anilines is 1. The van der Waals surface area contributed by atoms with E-state index in [4.69, 9.17) is 0 Å². The van der Waals surface area contributed by atoms with Crippen LogP contribution in [0.5, 0.6) is 0 Å². The zero-order chi connectivity index (χ0) is 13.9. The summed E-state index contributed by atoms with van der Waals surface area (Å²) in [7, 11) is 0. The van der Waals surface area contributed by atoms with Crippen LogP contribution in [0.2, 0.25) is 0 Å². The number of pyridine rings is 1. The smallest absolute Gasteiger partial charge is 0.0705 e. The Kier molecular flexibility index (Phi) is 3.38. The van der Waals surface area contributed by atoms with Crippen LogP contribution in [-0.4, -0.2) is 4.98 Å². The van der Waals surface area contributed by atoms with Crippen molar-refractivity contribution < 1.29 is 0 Å². The number of hydrogen-bond acceptors (Lipinski definition) is 2. The van der Waals surface area contributed by atoms with E-state index in [1.54, 1.807) is 0 Å². The van der Waals surface area contributed by atoms with E-state index in [1.165, 1.54) is 27.8 Å². The van der Waals surface area contributed by atoms with Crippen molar-refractivity contribution in [2.45, 2.75) is 20.4 Å². The van der Waals surface area contributed by atoms with E-state index in [-0.39, 0.29) is 0 Å². The average Bonchev–Trinajstić information content (AvgIpc) is 2.48. The molecule has 0 aliphatic carbocycles. The number of nitrogens with zero attached hydrogens (tertiary/aromatic N) is 1. The molecule has 0 aliphatic heterocycles. The molecule has 1 heterocycles. The van der Waals surface area contributed by atoms with E-state index >= 15 is 0 Å². The second-order valence-electron chi connectivity index (χ2n) is 5.16. The van der Waals surface area contributed by atoms with Gasteiger partial charge in [-0.25, -0.2) is 0 Å². The van der Waals surface area contributed by atoms with E-state index in [9.17, 15) is 0 Å². The van der Waals surface area contributed by atoms with Crippen LogP contribution >= 0.6 is 0 Å². The van der Waals surface area contributed by atoms with Gasteiger partial charge in [-0.15, -0.1) is 0 Å². The molecule has 0 amide bonds. The molecule has 2 nitrogen and oxygen atoms in total. The van der Waals surface area contributed by atoms with E-state index in [0.29, 0.717) is 0 Å². The maximum atomic E-state index is 4.40. The van der Waals surface area contributed by atoms with Crippen molar-refractivity contribution >= 4 is 16.6 Å². The van der Waals surface area contributed by atoms with Gasteiger partial charge in [0.05, 0.1) is 5.52 Å². The highest BCUT2D eigenvalue weighted by Crippen LogP contribution is 2.20. The van der Waals surface area contributed by atoms with E-state index in [0.717, 1.165) is 12.1 Å². The molecule has 2 heteroatoms. The van der Waals surface area contributed by atoms with Crippen LogP contribution in [0.4, 0.5) is 5.69 Å². The Labute approximate surface area is 119 Å². The Morgan fingerprint density at radius 1 is 1.00 bits per heavy atom. The number of aromatic nitrogens is 1. The minimum Gasteiger partial charge on any atom is -0.381 e. The first-order chi connectivity index (χ1) is 9.74. The molecule has 0 radical (unpaired) electrons. The summed E-state index contributed by atoms with van der Waals surface area (Å²) in [6.45, 7) is 5.06. The lowest BCUT2D eigenvalue weighted by Crippen LogP contribution is -2.02. The van der Waals surface area contributed by atoms with Gasteiger partial charge in [0.2, 0.25) is 0 Å². The van der Waals surface area contributed by atoms with E-state index < -0.39 is 0 Å². The van der Waals surface area contributed by atoms with Crippen molar-refractivity contribution in [2.75, 3.05) is 5.32 Å². The van der Waals surface area contributed by atoms with Gasteiger partial charge in [-0.1, -0.05) is 30.3 Å². The van der Waals surface area contributed by atoms with Crippen molar-refractivity contribution in [2.24, 2.45) is 0 Å². The number of benzene rings is 2. The molecular formula is C18H18N2. The lowest BCUT2D eigenvalue weighted by molar-refractivity contribution is 1.14. The molecule has 100 valence electrons. The van der Waals surface area contributed by atoms with Crippen molar-refractivity contribution in [3.63, 3.8) is 0 Å². The zero-order valence-corrected chi connectivity index (χ0v) is 11.9. The minimum atomic E-state index is 0.813. The fourth-order valence-corrected chi connectivity index (χ4v) is 2.43. The van der Waals surface area contributed by atoms with Gasteiger partial charge in [-0.2, -0.15) is 0 Å². The van der Waals surface area contributed by atoms with Crippen LogP contribution in [0.1, 0.15) is 16.7 Å². The predicted octanol–water partition coefficient (Wildman–Crippen LogP) is 4.46. The van der Waals surface area contributed by atoms with Gasteiger partial charge in [0.1, 0.15) is 0 Å². The van der Waals surface area contributed by atoms with Gasteiger partial charge in [0.15, 0.2) is 0 Å². The molecule has 20 heavy (non-hydrogen) atoms. The van der Waals surface area contributed by atoms with Crippen LogP contribution < -0.4 is 5.32 Å². The molecule has 0 bridgehead atoms. The third-order valence-electron chi connectivity index (χ3n) is 3.60. The zero-order valence-electron chi connectivity index (χ0n) is 11.9. The molecule has 2 aromatic carbocycles. The molecule has 0 saturated heterocycles. The molecule has 0 unspecified atom stereocenters. The lowest BCUT2D eigenvalue weighted by Gasteiger charge is -2.12. The number of para-hydroxylation sites is 1. The maximum absolute atomic E-state index is 4.40. The number of fused-ring (bicyclic) bond motifs is 1. The summed E-state index contributed by atoms with van der Waals surface area (Å²) in [5.74, 6) is 0. The Morgan fingerprint density at radius 3 is 2.75 bits per heavy atom. The molecule has 0 spiro atoms. The molecule has 3 rings (SSSR count). The van der Waals surface area contributed by atoms with Gasteiger partial charge in [0, 0.05) is 23.8 Å². The number of hydrogen-bond donors (Lipinski definition) is 1. The van der Waals surface area contributed by atoms with Crippen LogP contribution in [0.15, 0.2) is 54.7 Å².